The lowest BCUT2D eigenvalue weighted by Gasteiger charge is -2.25. The third-order valence-corrected chi connectivity index (χ3v) is 4.97. The van der Waals surface area contributed by atoms with E-state index in [9.17, 15) is 8.42 Å². The van der Waals surface area contributed by atoms with E-state index in [-0.39, 0.29) is 6.04 Å². The highest BCUT2D eigenvalue weighted by atomic mass is 32.2. The van der Waals surface area contributed by atoms with Gasteiger partial charge in [-0.1, -0.05) is 12.1 Å². The summed E-state index contributed by atoms with van der Waals surface area (Å²) in [4.78, 5) is 4.94. The summed E-state index contributed by atoms with van der Waals surface area (Å²) in [6, 6.07) is 7.59. The maximum atomic E-state index is 12.0. The first-order chi connectivity index (χ1) is 9.06. The van der Waals surface area contributed by atoms with Crippen molar-refractivity contribution in [2.24, 2.45) is 4.99 Å². The summed E-state index contributed by atoms with van der Waals surface area (Å²) in [6.07, 6.45) is 1.88. The molecule has 0 amide bonds. The summed E-state index contributed by atoms with van der Waals surface area (Å²) in [7, 11) is -3.42. The molecule has 2 atom stereocenters. The minimum atomic E-state index is -3.42. The zero-order valence-electron chi connectivity index (χ0n) is 10.8. The van der Waals surface area contributed by atoms with Gasteiger partial charge < -0.3 is 5.32 Å². The van der Waals surface area contributed by atoms with E-state index in [0.29, 0.717) is 22.3 Å². The van der Waals surface area contributed by atoms with Gasteiger partial charge in [-0.3, -0.25) is 9.71 Å². The molecule has 0 aliphatic carbocycles. The highest BCUT2D eigenvalue weighted by Crippen LogP contribution is 2.23. The van der Waals surface area contributed by atoms with Gasteiger partial charge >= 0.3 is 0 Å². The van der Waals surface area contributed by atoms with Crippen molar-refractivity contribution in [2.45, 2.75) is 36.7 Å². The molecule has 1 fully saturated rings. The zero-order chi connectivity index (χ0) is 13.5. The van der Waals surface area contributed by atoms with Gasteiger partial charge in [0.25, 0.3) is 10.0 Å². The van der Waals surface area contributed by atoms with Gasteiger partial charge in [0.05, 0.1) is 10.9 Å². The number of aliphatic imine (C=N–C) groups is 1. The summed E-state index contributed by atoms with van der Waals surface area (Å²) in [6.45, 7) is 3.05. The average molecular weight is 279 g/mol. The van der Waals surface area contributed by atoms with Crippen LogP contribution in [0.3, 0.4) is 0 Å². The first-order valence-corrected chi connectivity index (χ1v) is 7.98. The smallest absolute Gasteiger partial charge is 0.263 e. The number of rotatable bonds is 1. The van der Waals surface area contributed by atoms with Crippen molar-refractivity contribution in [3.8, 4) is 0 Å². The number of sulfonamides is 1. The summed E-state index contributed by atoms with van der Waals surface area (Å²) in [5, 5.41) is 3.36. The zero-order valence-corrected chi connectivity index (χ0v) is 11.6. The molecule has 2 aliphatic heterocycles. The van der Waals surface area contributed by atoms with Crippen molar-refractivity contribution >= 4 is 15.9 Å². The Morgan fingerprint density at radius 3 is 2.89 bits per heavy atom. The van der Waals surface area contributed by atoms with Crippen LogP contribution in [-0.4, -0.2) is 32.9 Å². The number of piperidine rings is 1. The number of hydrogen-bond acceptors (Lipinski definition) is 4. The molecular formula is C13H17N3O2S. The van der Waals surface area contributed by atoms with E-state index in [1.165, 1.54) is 0 Å². The van der Waals surface area contributed by atoms with Crippen molar-refractivity contribution in [1.82, 2.24) is 10.0 Å². The maximum Gasteiger partial charge on any atom is 0.263 e. The fourth-order valence-corrected chi connectivity index (χ4v) is 3.87. The van der Waals surface area contributed by atoms with Gasteiger partial charge in [-0.15, -0.1) is 0 Å². The molecular weight excluding hydrogens is 262 g/mol. The number of benzene rings is 1. The summed E-state index contributed by atoms with van der Waals surface area (Å²) in [5.74, 6) is 0.495. The Kier molecular flexibility index (Phi) is 3.06. The molecule has 2 heterocycles. The lowest BCUT2D eigenvalue weighted by molar-refractivity contribution is 0.382. The Bertz CT molecular complexity index is 625. The van der Waals surface area contributed by atoms with E-state index in [1.54, 1.807) is 18.2 Å². The summed E-state index contributed by atoms with van der Waals surface area (Å²) >= 11 is 0. The third-order valence-electron chi connectivity index (χ3n) is 3.57. The van der Waals surface area contributed by atoms with Crippen LogP contribution in [0.25, 0.3) is 0 Å². The van der Waals surface area contributed by atoms with Crippen molar-refractivity contribution < 1.29 is 8.42 Å². The topological polar surface area (TPSA) is 70.6 Å². The number of nitrogens with one attached hydrogen (secondary N) is 2. The van der Waals surface area contributed by atoms with Crippen molar-refractivity contribution in [2.75, 3.05) is 6.54 Å². The SMILES string of the molecule is CC1CC(N=C2NS(=O)(=O)c3ccccc32)CCN1. The molecule has 0 spiro atoms. The molecule has 5 nitrogen and oxygen atoms in total. The number of nitrogens with zero attached hydrogens (tertiary/aromatic N) is 1. The van der Waals surface area contributed by atoms with Gasteiger partial charge in [0.1, 0.15) is 5.84 Å². The standard InChI is InChI=1S/C13H17N3O2S/c1-9-8-10(6-7-14-9)15-13-11-4-2-3-5-12(11)19(17,18)16-13/h2-5,9-10,14H,6-8H2,1H3,(H,15,16). The van der Waals surface area contributed by atoms with Crippen molar-refractivity contribution in [3.63, 3.8) is 0 Å². The molecule has 2 aliphatic rings. The van der Waals surface area contributed by atoms with E-state index in [0.717, 1.165) is 19.4 Å². The predicted octanol–water partition coefficient (Wildman–Crippen LogP) is 0.866. The summed E-state index contributed by atoms with van der Waals surface area (Å²) in [5.41, 5.74) is 0.689. The molecule has 0 saturated carbocycles. The highest BCUT2D eigenvalue weighted by Gasteiger charge is 2.31. The van der Waals surface area contributed by atoms with Gasteiger partial charge in [0, 0.05) is 11.6 Å². The molecule has 102 valence electrons. The molecule has 6 heteroatoms. The van der Waals surface area contributed by atoms with Gasteiger partial charge in [-0.25, -0.2) is 8.42 Å². The van der Waals surface area contributed by atoms with Crippen LogP contribution in [0.1, 0.15) is 25.3 Å². The van der Waals surface area contributed by atoms with Crippen LogP contribution in [-0.2, 0) is 10.0 Å². The number of hydrogen-bond donors (Lipinski definition) is 2. The van der Waals surface area contributed by atoms with Crippen LogP contribution in [0.2, 0.25) is 0 Å². The van der Waals surface area contributed by atoms with Gasteiger partial charge in [0.15, 0.2) is 0 Å². The summed E-state index contributed by atoms with van der Waals surface area (Å²) < 4.78 is 26.5. The van der Waals surface area contributed by atoms with Crippen LogP contribution in [0, 0.1) is 0 Å². The molecule has 1 aromatic rings. The van der Waals surface area contributed by atoms with Crippen LogP contribution in [0.5, 0.6) is 0 Å². The van der Waals surface area contributed by atoms with Crippen LogP contribution >= 0.6 is 0 Å². The Morgan fingerprint density at radius 2 is 2.11 bits per heavy atom. The van der Waals surface area contributed by atoms with Gasteiger partial charge in [-0.2, -0.15) is 0 Å². The van der Waals surface area contributed by atoms with Crippen LogP contribution in [0.4, 0.5) is 0 Å². The predicted molar refractivity (Wildman–Crippen MR) is 73.8 cm³/mol. The van der Waals surface area contributed by atoms with E-state index < -0.39 is 10.0 Å². The second-order valence-electron chi connectivity index (χ2n) is 5.11. The van der Waals surface area contributed by atoms with Crippen molar-refractivity contribution in [1.29, 1.82) is 0 Å². The fraction of sp³-hybridized carbons (Fsp3) is 0.462. The minimum Gasteiger partial charge on any atom is -0.314 e. The molecule has 3 rings (SSSR count). The maximum absolute atomic E-state index is 12.0. The minimum absolute atomic E-state index is 0.181. The van der Waals surface area contributed by atoms with Crippen LogP contribution in [0.15, 0.2) is 34.2 Å². The number of amidine groups is 1. The monoisotopic (exact) mass is 279 g/mol. The highest BCUT2D eigenvalue weighted by molar-refractivity contribution is 7.90. The quantitative estimate of drug-likeness (QED) is 0.801. The molecule has 0 bridgehead atoms. The van der Waals surface area contributed by atoms with Gasteiger partial charge in [0.2, 0.25) is 0 Å². The average Bonchev–Trinajstić information content (AvgIpc) is 2.62. The second-order valence-corrected chi connectivity index (χ2v) is 6.76. The molecule has 19 heavy (non-hydrogen) atoms. The van der Waals surface area contributed by atoms with Crippen LogP contribution < -0.4 is 10.0 Å². The van der Waals surface area contributed by atoms with E-state index >= 15 is 0 Å². The molecule has 2 N–H and O–H groups in total. The molecule has 1 aromatic carbocycles. The largest absolute Gasteiger partial charge is 0.314 e. The molecule has 2 unspecified atom stereocenters. The van der Waals surface area contributed by atoms with Gasteiger partial charge in [-0.05, 0) is 38.4 Å². The second kappa shape index (κ2) is 4.61. The fourth-order valence-electron chi connectivity index (χ4n) is 2.64. The first kappa shape index (κ1) is 12.6. The van der Waals surface area contributed by atoms with Crippen molar-refractivity contribution in [3.05, 3.63) is 29.8 Å². The normalized spacial score (nSPS) is 30.9. The Labute approximate surface area is 113 Å². The third kappa shape index (κ3) is 2.37. The first-order valence-electron chi connectivity index (χ1n) is 6.50. The van der Waals surface area contributed by atoms with E-state index in [2.05, 4.69) is 22.0 Å². The molecule has 0 aromatic heterocycles. The molecule has 0 radical (unpaired) electrons. The molecule has 1 saturated heterocycles. The Balaban J connectivity index is 1.95. The Hall–Kier alpha value is -1.40. The van der Waals surface area contributed by atoms with E-state index in [1.807, 2.05) is 6.07 Å². The Morgan fingerprint density at radius 1 is 1.32 bits per heavy atom. The number of fused-ring (bicyclic) bond motifs is 1. The van der Waals surface area contributed by atoms with E-state index in [4.69, 9.17) is 0 Å². The lowest BCUT2D eigenvalue weighted by atomic mass is 10.0. The lowest BCUT2D eigenvalue weighted by Crippen LogP contribution is -2.38.